The van der Waals surface area contributed by atoms with Gasteiger partial charge < -0.3 is 13.3 Å². The van der Waals surface area contributed by atoms with Crippen molar-refractivity contribution in [3.8, 4) is 0 Å². The van der Waals surface area contributed by atoms with Gasteiger partial charge in [0.1, 0.15) is 0 Å². The predicted octanol–water partition coefficient (Wildman–Crippen LogP) is -2.07. The van der Waals surface area contributed by atoms with Crippen LogP contribution in [-0.2, 0) is 27.7 Å². The molecule has 1 radical (unpaired) electrons. The minimum atomic E-state index is -2.54. The Balaban J connectivity index is 2.22. The highest BCUT2D eigenvalue weighted by atomic mass is 28.3. The van der Waals surface area contributed by atoms with Gasteiger partial charge in [0.15, 0.2) is 0 Å². The molecular weight excluding hydrogens is 210 g/mol. The van der Waals surface area contributed by atoms with Crippen LogP contribution < -0.4 is 0 Å². The monoisotopic (exact) mass is 216 g/mol. The SMILES string of the molecule is O=C1CN2CC(=O)O[Si](O1)OC(=O)C2. The average Bonchev–Trinajstić information content (AvgIpc) is 1.96. The summed E-state index contributed by atoms with van der Waals surface area (Å²) >= 11 is 0. The topological polar surface area (TPSA) is 82.1 Å². The van der Waals surface area contributed by atoms with E-state index in [1.165, 1.54) is 4.90 Å². The first-order chi connectivity index (χ1) is 6.63. The first kappa shape index (κ1) is 9.15. The summed E-state index contributed by atoms with van der Waals surface area (Å²) < 4.78 is 13.9. The molecule has 2 bridgehead atoms. The molecule has 8 heteroatoms. The van der Waals surface area contributed by atoms with Crippen LogP contribution in [0.3, 0.4) is 0 Å². The molecule has 3 heterocycles. The van der Waals surface area contributed by atoms with Crippen LogP contribution in [-0.4, -0.2) is 52.0 Å². The Morgan fingerprint density at radius 1 is 0.857 bits per heavy atom. The second kappa shape index (κ2) is 3.39. The summed E-state index contributed by atoms with van der Waals surface area (Å²) in [5.41, 5.74) is 0. The Hall–Kier alpha value is -1.41. The van der Waals surface area contributed by atoms with E-state index >= 15 is 0 Å². The molecule has 0 aromatic carbocycles. The van der Waals surface area contributed by atoms with Gasteiger partial charge in [-0.1, -0.05) is 0 Å². The fraction of sp³-hybridized carbons (Fsp3) is 0.500. The van der Waals surface area contributed by atoms with Crippen molar-refractivity contribution in [1.82, 2.24) is 4.90 Å². The smallest absolute Gasteiger partial charge is 0.450 e. The Morgan fingerprint density at radius 2 is 1.21 bits per heavy atom. The third-order valence-electron chi connectivity index (χ3n) is 1.65. The Labute approximate surface area is 80.5 Å². The molecule has 0 N–H and O–H groups in total. The van der Waals surface area contributed by atoms with Crippen LogP contribution in [0, 0.1) is 0 Å². The lowest BCUT2D eigenvalue weighted by atomic mass is 10.4. The van der Waals surface area contributed by atoms with Crippen molar-refractivity contribution in [1.29, 1.82) is 0 Å². The van der Waals surface area contributed by atoms with Crippen LogP contribution in [0.15, 0.2) is 0 Å². The molecule has 7 nitrogen and oxygen atoms in total. The quantitative estimate of drug-likeness (QED) is 0.430. The maximum atomic E-state index is 11.0. The lowest BCUT2D eigenvalue weighted by molar-refractivity contribution is -0.158. The van der Waals surface area contributed by atoms with Crippen molar-refractivity contribution in [2.75, 3.05) is 19.6 Å². The Kier molecular flexibility index (Phi) is 2.21. The molecule has 0 atom stereocenters. The summed E-state index contributed by atoms with van der Waals surface area (Å²) in [5.74, 6) is -1.63. The van der Waals surface area contributed by atoms with E-state index in [-0.39, 0.29) is 19.6 Å². The molecule has 0 aliphatic carbocycles. The number of nitrogens with zero attached hydrogens (tertiary/aromatic N) is 1. The van der Waals surface area contributed by atoms with Gasteiger partial charge in [-0.05, 0) is 0 Å². The third kappa shape index (κ3) is 1.91. The van der Waals surface area contributed by atoms with Crippen LogP contribution >= 0.6 is 0 Å². The van der Waals surface area contributed by atoms with E-state index in [0.29, 0.717) is 0 Å². The standard InChI is InChI=1S/C6H6NO6Si/c8-4-1-7-2-5(9)12-14(11-4)13-6(10)3-7/h1-3H2. The average molecular weight is 216 g/mol. The lowest BCUT2D eigenvalue weighted by Gasteiger charge is -2.27. The number of fused-ring (bicyclic) bond motifs is 6. The highest BCUT2D eigenvalue weighted by Crippen LogP contribution is 2.07. The zero-order valence-electron chi connectivity index (χ0n) is 7.02. The van der Waals surface area contributed by atoms with E-state index in [4.69, 9.17) is 0 Å². The van der Waals surface area contributed by atoms with Crippen molar-refractivity contribution in [3.05, 3.63) is 0 Å². The van der Waals surface area contributed by atoms with Crippen molar-refractivity contribution in [2.45, 2.75) is 0 Å². The van der Waals surface area contributed by atoms with Gasteiger partial charge in [0.25, 0.3) is 0 Å². The summed E-state index contributed by atoms with van der Waals surface area (Å²) in [6, 6.07) is 0. The minimum absolute atomic E-state index is 0.0850. The molecule has 3 aliphatic rings. The van der Waals surface area contributed by atoms with E-state index in [9.17, 15) is 14.4 Å². The Bertz CT molecular complexity index is 233. The molecule has 0 unspecified atom stereocenters. The van der Waals surface area contributed by atoms with Crippen molar-refractivity contribution in [2.24, 2.45) is 0 Å². The van der Waals surface area contributed by atoms with Crippen LogP contribution in [0.1, 0.15) is 0 Å². The highest BCUT2D eigenvalue weighted by Gasteiger charge is 2.41. The number of rotatable bonds is 0. The van der Waals surface area contributed by atoms with Crippen LogP contribution in [0.5, 0.6) is 0 Å². The van der Waals surface area contributed by atoms with E-state index < -0.39 is 27.4 Å². The Morgan fingerprint density at radius 3 is 1.57 bits per heavy atom. The van der Waals surface area contributed by atoms with Gasteiger partial charge in [-0.25, -0.2) is 0 Å². The molecule has 3 fully saturated rings. The largest absolute Gasteiger partial charge is 0.824 e. The number of carbonyl (C=O) groups excluding carboxylic acids is 3. The second-order valence-electron chi connectivity index (χ2n) is 2.82. The molecule has 0 spiro atoms. The zero-order valence-corrected chi connectivity index (χ0v) is 8.02. The van der Waals surface area contributed by atoms with Gasteiger partial charge in [0.05, 0.1) is 19.6 Å². The maximum Gasteiger partial charge on any atom is 0.824 e. The highest BCUT2D eigenvalue weighted by molar-refractivity contribution is 6.44. The first-order valence-corrected chi connectivity index (χ1v) is 5.07. The van der Waals surface area contributed by atoms with Crippen molar-refractivity contribution in [3.63, 3.8) is 0 Å². The summed E-state index contributed by atoms with van der Waals surface area (Å²) in [7, 11) is -2.54. The lowest BCUT2D eigenvalue weighted by Crippen LogP contribution is -2.51. The van der Waals surface area contributed by atoms with Gasteiger partial charge in [-0.2, -0.15) is 0 Å². The van der Waals surface area contributed by atoms with E-state index in [0.717, 1.165) is 0 Å². The fourth-order valence-corrected chi connectivity index (χ4v) is 2.03. The molecule has 0 aromatic heterocycles. The fourth-order valence-electron chi connectivity index (χ4n) is 1.15. The van der Waals surface area contributed by atoms with Crippen LogP contribution in [0.25, 0.3) is 0 Å². The summed E-state index contributed by atoms with van der Waals surface area (Å²) in [5, 5.41) is 0. The van der Waals surface area contributed by atoms with Gasteiger partial charge in [0, 0.05) is 0 Å². The van der Waals surface area contributed by atoms with Gasteiger partial charge in [0.2, 0.25) is 0 Å². The molecule has 3 rings (SSSR count). The maximum absolute atomic E-state index is 11.0. The third-order valence-corrected chi connectivity index (χ3v) is 2.83. The van der Waals surface area contributed by atoms with Crippen LogP contribution in [0.2, 0.25) is 0 Å². The number of hydrogen-bond acceptors (Lipinski definition) is 7. The van der Waals surface area contributed by atoms with Gasteiger partial charge in [-0.3, -0.25) is 19.3 Å². The van der Waals surface area contributed by atoms with E-state index in [1.807, 2.05) is 0 Å². The molecule has 3 aliphatic heterocycles. The van der Waals surface area contributed by atoms with Crippen molar-refractivity contribution < 1.29 is 27.7 Å². The van der Waals surface area contributed by atoms with Gasteiger partial charge in [-0.15, -0.1) is 0 Å². The number of hydrogen-bond donors (Lipinski definition) is 0. The summed E-state index contributed by atoms with van der Waals surface area (Å²) in [4.78, 5) is 34.4. The molecule has 0 saturated carbocycles. The molecule has 75 valence electrons. The molecular formula is C6H6NO6Si. The minimum Gasteiger partial charge on any atom is -0.450 e. The summed E-state index contributed by atoms with van der Waals surface area (Å²) in [6.07, 6.45) is 0. The number of carbonyl (C=O) groups is 3. The molecule has 14 heavy (non-hydrogen) atoms. The second-order valence-corrected chi connectivity index (χ2v) is 3.93. The van der Waals surface area contributed by atoms with E-state index in [1.54, 1.807) is 0 Å². The molecule has 3 saturated heterocycles. The van der Waals surface area contributed by atoms with Gasteiger partial charge >= 0.3 is 27.4 Å². The molecule has 0 aromatic rings. The summed E-state index contributed by atoms with van der Waals surface area (Å²) in [6.45, 7) is -0.255. The zero-order chi connectivity index (χ0) is 10.1. The molecule has 0 amide bonds. The first-order valence-electron chi connectivity index (χ1n) is 3.85. The predicted molar refractivity (Wildman–Crippen MR) is 40.5 cm³/mol. The van der Waals surface area contributed by atoms with E-state index in [2.05, 4.69) is 13.3 Å². The van der Waals surface area contributed by atoms with Crippen LogP contribution in [0.4, 0.5) is 0 Å². The normalized spacial score (nSPS) is 24.4. The van der Waals surface area contributed by atoms with Crippen molar-refractivity contribution >= 4 is 27.4 Å².